The van der Waals surface area contributed by atoms with Gasteiger partial charge in [-0.1, -0.05) is 19.1 Å². The van der Waals surface area contributed by atoms with Crippen LogP contribution < -0.4 is 4.72 Å². The largest absolute Gasteiger partial charge is 0.480 e. The highest BCUT2D eigenvalue weighted by Gasteiger charge is 2.33. The molecular weight excluding hydrogens is 320 g/mol. The first-order valence-corrected chi connectivity index (χ1v) is 8.94. The predicted octanol–water partition coefficient (Wildman–Crippen LogP) is 0.603. The number of hydrogen-bond donors (Lipinski definition) is 2. The molecule has 1 aliphatic heterocycles. The molecule has 0 spiro atoms. The van der Waals surface area contributed by atoms with E-state index in [1.807, 2.05) is 0 Å². The number of nitrogens with one attached hydrogen (secondary N) is 1. The first-order chi connectivity index (χ1) is 10.8. The lowest BCUT2D eigenvalue weighted by Crippen LogP contribution is -2.41. The lowest BCUT2D eigenvalue weighted by Gasteiger charge is -2.21. The third-order valence-electron chi connectivity index (χ3n) is 3.78. The molecule has 1 fully saturated rings. The van der Waals surface area contributed by atoms with Crippen LogP contribution in [0.2, 0.25) is 0 Å². The molecule has 126 valence electrons. The van der Waals surface area contributed by atoms with Gasteiger partial charge in [-0.05, 0) is 30.5 Å². The molecule has 8 heteroatoms. The maximum Gasteiger partial charge on any atom is 0.326 e. The monoisotopic (exact) mass is 340 g/mol. The van der Waals surface area contributed by atoms with Crippen molar-refractivity contribution in [3.05, 3.63) is 29.8 Å². The SMILES string of the molecule is CCNS(=O)(=O)c1ccc(CC(=O)N2CCC[C@@H]2C(=O)O)cc1. The maximum atomic E-state index is 12.2. The second-order valence-corrected chi connectivity index (χ2v) is 7.17. The molecule has 1 atom stereocenters. The third-order valence-corrected chi connectivity index (χ3v) is 5.34. The summed E-state index contributed by atoms with van der Waals surface area (Å²) < 4.78 is 26.1. The van der Waals surface area contributed by atoms with Crippen LogP contribution in [0.4, 0.5) is 0 Å². The molecule has 1 aliphatic rings. The number of carbonyl (C=O) groups is 2. The number of hydrogen-bond acceptors (Lipinski definition) is 4. The van der Waals surface area contributed by atoms with Crippen LogP contribution in [0.15, 0.2) is 29.2 Å². The van der Waals surface area contributed by atoms with Crippen molar-refractivity contribution in [2.45, 2.75) is 37.1 Å². The predicted molar refractivity (Wildman–Crippen MR) is 83.4 cm³/mol. The second-order valence-electron chi connectivity index (χ2n) is 5.41. The van der Waals surface area contributed by atoms with E-state index in [9.17, 15) is 18.0 Å². The highest BCUT2D eigenvalue weighted by atomic mass is 32.2. The van der Waals surface area contributed by atoms with Gasteiger partial charge in [0.25, 0.3) is 0 Å². The fourth-order valence-corrected chi connectivity index (χ4v) is 3.70. The molecule has 2 N–H and O–H groups in total. The van der Waals surface area contributed by atoms with Crippen molar-refractivity contribution in [3.63, 3.8) is 0 Å². The van der Waals surface area contributed by atoms with Gasteiger partial charge in [-0.3, -0.25) is 4.79 Å². The molecule has 2 rings (SSSR count). The van der Waals surface area contributed by atoms with Crippen molar-refractivity contribution in [2.24, 2.45) is 0 Å². The lowest BCUT2D eigenvalue weighted by atomic mass is 10.1. The molecule has 0 aliphatic carbocycles. The van der Waals surface area contributed by atoms with E-state index in [2.05, 4.69) is 4.72 Å². The van der Waals surface area contributed by atoms with Crippen LogP contribution >= 0.6 is 0 Å². The van der Waals surface area contributed by atoms with Gasteiger partial charge in [0.1, 0.15) is 6.04 Å². The van der Waals surface area contributed by atoms with E-state index in [1.165, 1.54) is 17.0 Å². The Morgan fingerprint density at radius 1 is 1.30 bits per heavy atom. The van der Waals surface area contributed by atoms with Crippen LogP contribution in [0.3, 0.4) is 0 Å². The van der Waals surface area contributed by atoms with Crippen LogP contribution in [0.5, 0.6) is 0 Å². The summed E-state index contributed by atoms with van der Waals surface area (Å²) in [5.74, 6) is -1.24. The van der Waals surface area contributed by atoms with Crippen LogP contribution in [0.1, 0.15) is 25.3 Å². The summed E-state index contributed by atoms with van der Waals surface area (Å²) in [6.07, 6.45) is 1.22. The molecule has 0 saturated carbocycles. The summed E-state index contributed by atoms with van der Waals surface area (Å²) in [4.78, 5) is 24.9. The first kappa shape index (κ1) is 17.4. The van der Waals surface area contributed by atoms with Crippen molar-refractivity contribution in [3.8, 4) is 0 Å². The summed E-state index contributed by atoms with van der Waals surface area (Å²) in [5, 5.41) is 9.11. The molecule has 1 aromatic rings. The molecule has 1 amide bonds. The Balaban J connectivity index is 2.06. The Kier molecular flexibility index (Phi) is 5.38. The average Bonchev–Trinajstić information content (AvgIpc) is 2.97. The highest BCUT2D eigenvalue weighted by molar-refractivity contribution is 7.89. The number of carboxylic acids is 1. The summed E-state index contributed by atoms with van der Waals surface area (Å²) in [6.45, 7) is 2.44. The van der Waals surface area contributed by atoms with E-state index in [0.29, 0.717) is 31.5 Å². The van der Waals surface area contributed by atoms with E-state index in [0.717, 1.165) is 0 Å². The quantitative estimate of drug-likeness (QED) is 0.789. The number of benzene rings is 1. The lowest BCUT2D eigenvalue weighted by molar-refractivity contribution is -0.148. The zero-order valence-electron chi connectivity index (χ0n) is 12.9. The van der Waals surface area contributed by atoms with E-state index in [1.54, 1.807) is 19.1 Å². The minimum Gasteiger partial charge on any atom is -0.480 e. The van der Waals surface area contributed by atoms with Crippen molar-refractivity contribution < 1.29 is 23.1 Å². The molecule has 1 heterocycles. The molecule has 0 unspecified atom stereocenters. The Bertz CT molecular complexity index is 684. The minimum atomic E-state index is -3.51. The molecule has 0 aromatic heterocycles. The zero-order valence-corrected chi connectivity index (χ0v) is 13.7. The number of nitrogens with zero attached hydrogens (tertiary/aromatic N) is 1. The van der Waals surface area contributed by atoms with Crippen LogP contribution in [0, 0.1) is 0 Å². The second kappa shape index (κ2) is 7.10. The van der Waals surface area contributed by atoms with Gasteiger partial charge in [0, 0.05) is 13.1 Å². The number of sulfonamides is 1. The van der Waals surface area contributed by atoms with E-state index >= 15 is 0 Å². The van der Waals surface area contributed by atoms with Gasteiger partial charge in [0.2, 0.25) is 15.9 Å². The third kappa shape index (κ3) is 4.08. The molecule has 23 heavy (non-hydrogen) atoms. The number of aliphatic carboxylic acids is 1. The Morgan fingerprint density at radius 3 is 2.52 bits per heavy atom. The molecule has 0 radical (unpaired) electrons. The molecular formula is C15H20N2O5S. The van der Waals surface area contributed by atoms with Crippen molar-refractivity contribution >= 4 is 21.9 Å². The van der Waals surface area contributed by atoms with Crippen molar-refractivity contribution in [1.29, 1.82) is 0 Å². The Labute approximate surface area is 135 Å². The maximum absolute atomic E-state index is 12.2. The molecule has 0 bridgehead atoms. The van der Waals surface area contributed by atoms with Gasteiger partial charge >= 0.3 is 5.97 Å². The fraction of sp³-hybridized carbons (Fsp3) is 0.467. The number of carboxylic acid groups (broad SMARTS) is 1. The highest BCUT2D eigenvalue weighted by Crippen LogP contribution is 2.19. The van der Waals surface area contributed by atoms with Gasteiger partial charge in [-0.2, -0.15) is 0 Å². The molecule has 1 saturated heterocycles. The van der Waals surface area contributed by atoms with Gasteiger partial charge in [0.05, 0.1) is 11.3 Å². The normalized spacial score (nSPS) is 18.1. The Morgan fingerprint density at radius 2 is 1.96 bits per heavy atom. The van der Waals surface area contributed by atoms with E-state index in [-0.39, 0.29) is 17.2 Å². The zero-order chi connectivity index (χ0) is 17.0. The fourth-order valence-electron chi connectivity index (χ4n) is 2.66. The summed E-state index contributed by atoms with van der Waals surface area (Å²) in [7, 11) is -3.51. The van der Waals surface area contributed by atoms with Crippen molar-refractivity contribution in [1.82, 2.24) is 9.62 Å². The van der Waals surface area contributed by atoms with Crippen LogP contribution in [-0.4, -0.2) is 49.4 Å². The first-order valence-electron chi connectivity index (χ1n) is 7.46. The van der Waals surface area contributed by atoms with Crippen LogP contribution in [0.25, 0.3) is 0 Å². The van der Waals surface area contributed by atoms with Crippen LogP contribution in [-0.2, 0) is 26.0 Å². The molecule has 1 aromatic carbocycles. The average molecular weight is 340 g/mol. The van der Waals surface area contributed by atoms with Gasteiger partial charge in [-0.15, -0.1) is 0 Å². The number of carbonyl (C=O) groups excluding carboxylic acids is 1. The van der Waals surface area contributed by atoms with Gasteiger partial charge in [0.15, 0.2) is 0 Å². The van der Waals surface area contributed by atoms with E-state index < -0.39 is 22.0 Å². The smallest absolute Gasteiger partial charge is 0.326 e. The molecule has 7 nitrogen and oxygen atoms in total. The van der Waals surface area contributed by atoms with Crippen molar-refractivity contribution in [2.75, 3.05) is 13.1 Å². The standard InChI is InChI=1S/C15H20N2O5S/c1-2-16-23(21,22)12-7-5-11(6-8-12)10-14(18)17-9-3-4-13(17)15(19)20/h5-8,13,16H,2-4,9-10H2,1H3,(H,19,20)/t13-/m1/s1. The van der Waals surface area contributed by atoms with E-state index in [4.69, 9.17) is 5.11 Å². The van der Waals surface area contributed by atoms with Gasteiger partial charge in [-0.25, -0.2) is 17.9 Å². The number of rotatable bonds is 6. The Hall–Kier alpha value is -1.93. The number of amides is 1. The summed E-state index contributed by atoms with van der Waals surface area (Å²) >= 11 is 0. The number of likely N-dealkylation sites (tertiary alicyclic amines) is 1. The summed E-state index contributed by atoms with van der Waals surface area (Å²) in [6, 6.07) is 5.29. The minimum absolute atomic E-state index is 0.0608. The summed E-state index contributed by atoms with van der Waals surface area (Å²) in [5.41, 5.74) is 0.654. The van der Waals surface area contributed by atoms with Gasteiger partial charge < -0.3 is 10.0 Å². The topological polar surface area (TPSA) is 104 Å².